The third-order valence-electron chi connectivity index (χ3n) is 5.32. The lowest BCUT2D eigenvalue weighted by molar-refractivity contribution is -0.139. The van der Waals surface area contributed by atoms with Crippen LogP contribution < -0.4 is 0 Å². The number of amides is 1. The number of hydrogen-bond acceptors (Lipinski definition) is 5. The normalized spacial score (nSPS) is 31.5. The van der Waals surface area contributed by atoms with E-state index in [1.165, 1.54) is 0 Å². The Morgan fingerprint density at radius 2 is 2.00 bits per heavy atom. The summed E-state index contributed by atoms with van der Waals surface area (Å²) < 4.78 is 17.0. The number of carbonyl (C=O) groups excluding carboxylic acids is 1. The topological polar surface area (TPSA) is 51.2 Å². The molecule has 0 aromatic heterocycles. The quantitative estimate of drug-likeness (QED) is 0.696. The van der Waals surface area contributed by atoms with Crippen molar-refractivity contribution in [3.8, 4) is 0 Å². The molecule has 3 aliphatic heterocycles. The van der Waals surface area contributed by atoms with E-state index in [1.807, 2.05) is 4.90 Å². The Labute approximate surface area is 139 Å². The molecule has 0 spiro atoms. The highest BCUT2D eigenvalue weighted by atomic mass is 16.5. The third-order valence-corrected chi connectivity index (χ3v) is 5.32. The summed E-state index contributed by atoms with van der Waals surface area (Å²) in [6.45, 7) is 5.40. The van der Waals surface area contributed by atoms with Gasteiger partial charge in [0, 0.05) is 39.3 Å². The number of fused-ring (bicyclic) bond motifs is 1. The predicted molar refractivity (Wildman–Crippen MR) is 86.4 cm³/mol. The number of hydrogen-bond donors (Lipinski definition) is 0. The second-order valence-corrected chi connectivity index (χ2v) is 6.86. The zero-order valence-electron chi connectivity index (χ0n) is 14.2. The molecule has 0 aromatic rings. The van der Waals surface area contributed by atoms with Crippen LogP contribution in [-0.2, 0) is 19.0 Å². The molecule has 0 N–H and O–H groups in total. The zero-order valence-corrected chi connectivity index (χ0v) is 14.2. The van der Waals surface area contributed by atoms with E-state index in [9.17, 15) is 4.79 Å². The molecule has 0 unspecified atom stereocenters. The Morgan fingerprint density at radius 3 is 2.78 bits per heavy atom. The van der Waals surface area contributed by atoms with Crippen molar-refractivity contribution in [1.82, 2.24) is 9.80 Å². The van der Waals surface area contributed by atoms with Gasteiger partial charge in [-0.05, 0) is 32.1 Å². The lowest BCUT2D eigenvalue weighted by Gasteiger charge is -2.36. The van der Waals surface area contributed by atoms with Crippen molar-refractivity contribution in [1.29, 1.82) is 0 Å². The predicted octanol–water partition coefficient (Wildman–Crippen LogP) is 0.894. The van der Waals surface area contributed by atoms with Crippen LogP contribution in [0.3, 0.4) is 0 Å². The molecule has 0 radical (unpaired) electrons. The maximum Gasteiger partial charge on any atom is 0.248 e. The SMILES string of the molecule is COCCN1CC[C@@H]2O[C@@H](COCC(=O)N3CCCC3)CC[C@@H]21. The molecule has 3 saturated heterocycles. The maximum atomic E-state index is 12.0. The van der Waals surface area contributed by atoms with Crippen LogP contribution in [0, 0.1) is 0 Å². The maximum absolute atomic E-state index is 12.0. The Bertz CT molecular complexity index is 387. The molecular formula is C17H30N2O4. The number of methoxy groups -OCH3 is 1. The fourth-order valence-electron chi connectivity index (χ4n) is 4.03. The minimum absolute atomic E-state index is 0.128. The summed E-state index contributed by atoms with van der Waals surface area (Å²) in [7, 11) is 1.75. The van der Waals surface area contributed by atoms with E-state index in [1.54, 1.807) is 7.11 Å². The first-order chi connectivity index (χ1) is 11.3. The van der Waals surface area contributed by atoms with Crippen LogP contribution in [0.2, 0.25) is 0 Å². The molecule has 0 aromatic carbocycles. The number of rotatable bonds is 7. The van der Waals surface area contributed by atoms with E-state index < -0.39 is 0 Å². The molecule has 0 saturated carbocycles. The van der Waals surface area contributed by atoms with Gasteiger partial charge in [0.15, 0.2) is 0 Å². The minimum atomic E-state index is 0.128. The van der Waals surface area contributed by atoms with Gasteiger partial charge in [-0.15, -0.1) is 0 Å². The third kappa shape index (κ3) is 4.44. The number of likely N-dealkylation sites (tertiary alicyclic amines) is 2. The Balaban J connectivity index is 1.35. The molecule has 1 amide bonds. The van der Waals surface area contributed by atoms with Gasteiger partial charge in [-0.25, -0.2) is 0 Å². The van der Waals surface area contributed by atoms with Crippen molar-refractivity contribution < 1.29 is 19.0 Å². The van der Waals surface area contributed by atoms with Gasteiger partial charge in [0.05, 0.1) is 25.4 Å². The van der Waals surface area contributed by atoms with Crippen LogP contribution in [0.25, 0.3) is 0 Å². The average Bonchev–Trinajstić information content (AvgIpc) is 3.22. The molecule has 3 fully saturated rings. The highest BCUT2D eigenvalue weighted by molar-refractivity contribution is 5.77. The van der Waals surface area contributed by atoms with E-state index in [4.69, 9.17) is 14.2 Å². The van der Waals surface area contributed by atoms with Crippen molar-refractivity contribution in [2.75, 3.05) is 53.1 Å². The van der Waals surface area contributed by atoms with Crippen molar-refractivity contribution in [3.05, 3.63) is 0 Å². The molecule has 3 heterocycles. The summed E-state index contributed by atoms with van der Waals surface area (Å²) in [6, 6.07) is 0.535. The van der Waals surface area contributed by atoms with Crippen molar-refractivity contribution in [3.63, 3.8) is 0 Å². The molecule has 3 rings (SSSR count). The summed E-state index contributed by atoms with van der Waals surface area (Å²) >= 11 is 0. The van der Waals surface area contributed by atoms with E-state index in [-0.39, 0.29) is 18.6 Å². The first-order valence-corrected chi connectivity index (χ1v) is 9.02. The lowest BCUT2D eigenvalue weighted by Crippen LogP contribution is -2.44. The molecule has 6 nitrogen and oxygen atoms in total. The first kappa shape index (κ1) is 17.1. The summed E-state index contributed by atoms with van der Waals surface area (Å²) in [6.07, 6.45) is 5.98. The van der Waals surface area contributed by atoms with Crippen LogP contribution in [0.1, 0.15) is 32.1 Å². The van der Waals surface area contributed by atoms with E-state index in [0.717, 1.165) is 64.9 Å². The van der Waals surface area contributed by atoms with Crippen LogP contribution in [0.15, 0.2) is 0 Å². The van der Waals surface area contributed by atoms with Gasteiger partial charge in [0.1, 0.15) is 6.61 Å². The van der Waals surface area contributed by atoms with Crippen LogP contribution >= 0.6 is 0 Å². The molecule has 3 atom stereocenters. The summed E-state index contributed by atoms with van der Waals surface area (Å²) in [4.78, 5) is 16.3. The first-order valence-electron chi connectivity index (χ1n) is 9.02. The monoisotopic (exact) mass is 326 g/mol. The number of ether oxygens (including phenoxy) is 3. The van der Waals surface area contributed by atoms with Gasteiger partial charge in [-0.2, -0.15) is 0 Å². The Morgan fingerprint density at radius 1 is 1.17 bits per heavy atom. The summed E-state index contributed by atoms with van der Waals surface area (Å²) in [5.74, 6) is 0.128. The molecule has 132 valence electrons. The van der Waals surface area contributed by atoms with Crippen LogP contribution in [0.4, 0.5) is 0 Å². The largest absolute Gasteiger partial charge is 0.383 e. The lowest BCUT2D eigenvalue weighted by atomic mass is 9.99. The molecule has 0 aliphatic carbocycles. The summed E-state index contributed by atoms with van der Waals surface area (Å²) in [5.41, 5.74) is 0. The van der Waals surface area contributed by atoms with Crippen LogP contribution in [0.5, 0.6) is 0 Å². The fourth-order valence-corrected chi connectivity index (χ4v) is 4.03. The van der Waals surface area contributed by atoms with Gasteiger partial charge in [-0.3, -0.25) is 9.69 Å². The second kappa shape index (κ2) is 8.42. The van der Waals surface area contributed by atoms with Gasteiger partial charge >= 0.3 is 0 Å². The minimum Gasteiger partial charge on any atom is -0.383 e. The second-order valence-electron chi connectivity index (χ2n) is 6.86. The molecule has 3 aliphatic rings. The van der Waals surface area contributed by atoms with E-state index in [0.29, 0.717) is 18.8 Å². The van der Waals surface area contributed by atoms with Gasteiger partial charge in [0.2, 0.25) is 5.91 Å². The van der Waals surface area contributed by atoms with Gasteiger partial charge in [-0.1, -0.05) is 0 Å². The standard InChI is InChI=1S/C17H30N2O4/c1-21-11-10-18-9-6-16-15(18)5-4-14(23-16)12-22-13-17(20)19-7-2-3-8-19/h14-16H,2-13H2,1H3/t14-,15+,16+/m1/s1. The van der Waals surface area contributed by atoms with Crippen molar-refractivity contribution in [2.24, 2.45) is 0 Å². The Hall–Kier alpha value is -0.690. The van der Waals surface area contributed by atoms with Crippen LogP contribution in [-0.4, -0.2) is 87.1 Å². The van der Waals surface area contributed by atoms with E-state index >= 15 is 0 Å². The van der Waals surface area contributed by atoms with Crippen molar-refractivity contribution >= 4 is 5.91 Å². The van der Waals surface area contributed by atoms with Gasteiger partial charge in [0.25, 0.3) is 0 Å². The molecule has 0 bridgehead atoms. The number of nitrogens with zero attached hydrogens (tertiary/aromatic N) is 2. The van der Waals surface area contributed by atoms with Crippen molar-refractivity contribution in [2.45, 2.75) is 50.4 Å². The molecule has 23 heavy (non-hydrogen) atoms. The Kier molecular flexibility index (Phi) is 6.28. The number of carbonyl (C=O) groups is 1. The highest BCUT2D eigenvalue weighted by Gasteiger charge is 2.39. The summed E-state index contributed by atoms with van der Waals surface area (Å²) in [5, 5.41) is 0. The zero-order chi connectivity index (χ0) is 16.1. The average molecular weight is 326 g/mol. The molecular weight excluding hydrogens is 296 g/mol. The van der Waals surface area contributed by atoms with Gasteiger partial charge < -0.3 is 19.1 Å². The smallest absolute Gasteiger partial charge is 0.248 e. The van der Waals surface area contributed by atoms with E-state index in [2.05, 4.69) is 4.90 Å². The molecule has 6 heteroatoms. The fraction of sp³-hybridized carbons (Fsp3) is 0.941. The highest BCUT2D eigenvalue weighted by Crippen LogP contribution is 2.31.